The quantitative estimate of drug-likeness (QED) is 0.666. The van der Waals surface area contributed by atoms with Gasteiger partial charge in [-0.25, -0.2) is 4.79 Å². The number of aryl methyl sites for hydroxylation is 1. The fourth-order valence-electron chi connectivity index (χ4n) is 2.36. The minimum atomic E-state index is -0.402. The van der Waals surface area contributed by atoms with E-state index in [1.807, 2.05) is 37.3 Å². The number of rotatable bonds is 4. The maximum atomic E-state index is 12.0. The first-order chi connectivity index (χ1) is 11.5. The maximum absolute atomic E-state index is 12.0. The molecule has 0 atom stereocenters. The highest BCUT2D eigenvalue weighted by Gasteiger charge is 2.06. The van der Waals surface area contributed by atoms with Gasteiger partial charge >= 0.3 is 5.63 Å². The smallest absolute Gasteiger partial charge is 0.336 e. The number of hydrogen-bond acceptors (Lipinski definition) is 4. The zero-order chi connectivity index (χ0) is 17.1. The summed E-state index contributed by atoms with van der Waals surface area (Å²) in [7, 11) is 0. The normalized spacial score (nSPS) is 10.6. The van der Waals surface area contributed by atoms with E-state index in [2.05, 4.69) is 26.6 Å². The van der Waals surface area contributed by atoms with Gasteiger partial charge in [-0.3, -0.25) is 4.79 Å². The van der Waals surface area contributed by atoms with E-state index in [4.69, 9.17) is 4.42 Å². The van der Waals surface area contributed by atoms with Crippen molar-refractivity contribution in [3.63, 3.8) is 0 Å². The van der Waals surface area contributed by atoms with Crippen LogP contribution in [0.4, 0.5) is 11.4 Å². The predicted octanol–water partition coefficient (Wildman–Crippen LogP) is 3.91. The third kappa shape index (κ3) is 3.83. The molecule has 0 bridgehead atoms. The second-order valence-electron chi connectivity index (χ2n) is 5.37. The maximum Gasteiger partial charge on any atom is 0.336 e. The van der Waals surface area contributed by atoms with Crippen molar-refractivity contribution in [1.29, 1.82) is 0 Å². The van der Waals surface area contributed by atoms with Crippen molar-refractivity contribution in [3.05, 3.63) is 69.0 Å². The van der Waals surface area contributed by atoms with Crippen molar-refractivity contribution in [3.8, 4) is 0 Å². The molecule has 0 aliphatic rings. The van der Waals surface area contributed by atoms with Crippen molar-refractivity contribution in [2.45, 2.75) is 6.92 Å². The summed E-state index contributed by atoms with van der Waals surface area (Å²) in [6, 6.07) is 14.3. The first kappa shape index (κ1) is 16.3. The molecule has 1 aromatic heterocycles. The first-order valence-corrected chi connectivity index (χ1v) is 8.14. The first-order valence-electron chi connectivity index (χ1n) is 7.35. The Kier molecular flexibility index (Phi) is 4.66. The zero-order valence-electron chi connectivity index (χ0n) is 12.9. The number of fused-ring (bicyclic) bond motifs is 1. The fourth-order valence-corrected chi connectivity index (χ4v) is 2.62. The SMILES string of the molecule is Cc1cc(=O)oc2cc(NC(=O)CNc3ccc(Br)cc3)ccc12. The number of benzene rings is 2. The van der Waals surface area contributed by atoms with Gasteiger partial charge in [-0.2, -0.15) is 0 Å². The number of carbonyl (C=O) groups is 1. The summed E-state index contributed by atoms with van der Waals surface area (Å²) >= 11 is 3.36. The van der Waals surface area contributed by atoms with Gasteiger partial charge in [0.05, 0.1) is 6.54 Å². The average Bonchev–Trinajstić information content (AvgIpc) is 2.54. The van der Waals surface area contributed by atoms with Crippen LogP contribution in [-0.2, 0) is 4.79 Å². The molecule has 2 N–H and O–H groups in total. The molecule has 0 aliphatic carbocycles. The largest absolute Gasteiger partial charge is 0.423 e. The van der Waals surface area contributed by atoms with E-state index in [1.165, 1.54) is 6.07 Å². The molecule has 1 amide bonds. The van der Waals surface area contributed by atoms with E-state index < -0.39 is 5.63 Å². The monoisotopic (exact) mass is 386 g/mol. The molecule has 0 radical (unpaired) electrons. The van der Waals surface area contributed by atoms with E-state index in [-0.39, 0.29) is 12.5 Å². The lowest BCUT2D eigenvalue weighted by Crippen LogP contribution is -2.21. The third-order valence-electron chi connectivity index (χ3n) is 3.53. The second-order valence-corrected chi connectivity index (χ2v) is 6.28. The van der Waals surface area contributed by atoms with Crippen LogP contribution in [0.2, 0.25) is 0 Å². The molecule has 1 heterocycles. The number of carbonyl (C=O) groups excluding carboxylic acids is 1. The molecule has 0 saturated carbocycles. The highest BCUT2D eigenvalue weighted by atomic mass is 79.9. The predicted molar refractivity (Wildman–Crippen MR) is 98.5 cm³/mol. The highest BCUT2D eigenvalue weighted by Crippen LogP contribution is 2.20. The Morgan fingerprint density at radius 3 is 2.54 bits per heavy atom. The number of halogens is 1. The van der Waals surface area contributed by atoms with Gasteiger partial charge in [0.1, 0.15) is 5.58 Å². The zero-order valence-corrected chi connectivity index (χ0v) is 14.5. The minimum absolute atomic E-state index is 0.136. The van der Waals surface area contributed by atoms with Crippen molar-refractivity contribution < 1.29 is 9.21 Å². The van der Waals surface area contributed by atoms with E-state index in [0.29, 0.717) is 11.3 Å². The van der Waals surface area contributed by atoms with E-state index >= 15 is 0 Å². The van der Waals surface area contributed by atoms with Crippen LogP contribution in [0.5, 0.6) is 0 Å². The molecule has 3 aromatic rings. The molecule has 0 unspecified atom stereocenters. The summed E-state index contributed by atoms with van der Waals surface area (Å²) in [6.45, 7) is 1.98. The van der Waals surface area contributed by atoms with Gasteiger partial charge in [0.2, 0.25) is 5.91 Å². The van der Waals surface area contributed by atoms with Crippen LogP contribution >= 0.6 is 15.9 Å². The lowest BCUT2D eigenvalue weighted by Gasteiger charge is -2.09. The number of nitrogens with one attached hydrogen (secondary N) is 2. The van der Waals surface area contributed by atoms with Gasteiger partial charge in [-0.1, -0.05) is 15.9 Å². The Balaban J connectivity index is 1.69. The molecule has 3 rings (SSSR count). The average molecular weight is 387 g/mol. The summed E-state index contributed by atoms with van der Waals surface area (Å²) in [5.41, 5.74) is 2.34. The van der Waals surface area contributed by atoms with Crippen molar-refractivity contribution in [1.82, 2.24) is 0 Å². The van der Waals surface area contributed by atoms with Crippen LogP contribution in [0.15, 0.2) is 62.2 Å². The molecule has 0 saturated heterocycles. The Bertz CT molecular complexity index is 949. The van der Waals surface area contributed by atoms with Crippen LogP contribution in [0.3, 0.4) is 0 Å². The van der Waals surface area contributed by atoms with Crippen LogP contribution < -0.4 is 16.3 Å². The summed E-state index contributed by atoms with van der Waals surface area (Å²) in [6.07, 6.45) is 0. The Labute approximate surface area is 146 Å². The van der Waals surface area contributed by atoms with E-state index in [1.54, 1.807) is 12.1 Å². The fraction of sp³-hybridized carbons (Fsp3) is 0.111. The van der Waals surface area contributed by atoms with Gasteiger partial charge in [0.25, 0.3) is 0 Å². The molecular weight excluding hydrogens is 372 g/mol. The lowest BCUT2D eigenvalue weighted by molar-refractivity contribution is -0.114. The van der Waals surface area contributed by atoms with E-state index in [0.717, 1.165) is 21.1 Å². The van der Waals surface area contributed by atoms with Gasteiger partial charge in [0, 0.05) is 33.4 Å². The van der Waals surface area contributed by atoms with Crippen LogP contribution in [0, 0.1) is 6.92 Å². The number of amides is 1. The Morgan fingerprint density at radius 2 is 1.79 bits per heavy atom. The van der Waals surface area contributed by atoms with Gasteiger partial charge in [0.15, 0.2) is 0 Å². The molecular formula is C18H15BrN2O3. The molecule has 5 nitrogen and oxygen atoms in total. The van der Waals surface area contributed by atoms with Crippen LogP contribution in [0.1, 0.15) is 5.56 Å². The van der Waals surface area contributed by atoms with Crippen LogP contribution in [-0.4, -0.2) is 12.5 Å². The standard InChI is InChI=1S/C18H15BrN2O3/c1-11-8-18(23)24-16-9-14(6-7-15(11)16)21-17(22)10-20-13-4-2-12(19)3-5-13/h2-9,20H,10H2,1H3,(H,21,22). The van der Waals surface area contributed by atoms with Gasteiger partial charge in [-0.05, 0) is 48.9 Å². The van der Waals surface area contributed by atoms with Crippen LogP contribution in [0.25, 0.3) is 11.0 Å². The summed E-state index contributed by atoms with van der Waals surface area (Å²) in [4.78, 5) is 23.5. The molecule has 0 spiro atoms. The number of hydrogen-bond donors (Lipinski definition) is 2. The molecule has 122 valence electrons. The molecule has 0 aliphatic heterocycles. The van der Waals surface area contributed by atoms with Crippen molar-refractivity contribution in [2.24, 2.45) is 0 Å². The van der Waals surface area contributed by atoms with Gasteiger partial charge < -0.3 is 15.1 Å². The lowest BCUT2D eigenvalue weighted by atomic mass is 10.1. The Hall–Kier alpha value is -2.60. The van der Waals surface area contributed by atoms with Crippen molar-refractivity contribution in [2.75, 3.05) is 17.2 Å². The minimum Gasteiger partial charge on any atom is -0.423 e. The third-order valence-corrected chi connectivity index (χ3v) is 4.06. The highest BCUT2D eigenvalue weighted by molar-refractivity contribution is 9.10. The van der Waals surface area contributed by atoms with E-state index in [9.17, 15) is 9.59 Å². The summed E-state index contributed by atoms with van der Waals surface area (Å²) in [5, 5.41) is 6.67. The summed E-state index contributed by atoms with van der Waals surface area (Å²) < 4.78 is 6.16. The molecule has 24 heavy (non-hydrogen) atoms. The summed E-state index contributed by atoms with van der Waals surface area (Å²) in [5.74, 6) is -0.188. The van der Waals surface area contributed by atoms with Crippen molar-refractivity contribution >= 4 is 44.2 Å². The Morgan fingerprint density at radius 1 is 1.08 bits per heavy atom. The molecule has 0 fully saturated rings. The molecule has 6 heteroatoms. The van der Waals surface area contributed by atoms with Gasteiger partial charge in [-0.15, -0.1) is 0 Å². The topological polar surface area (TPSA) is 71.3 Å². The second kappa shape index (κ2) is 6.88. The molecule has 2 aromatic carbocycles. The number of anilines is 2.